The van der Waals surface area contributed by atoms with Crippen molar-refractivity contribution in [1.82, 2.24) is 14.9 Å². The summed E-state index contributed by atoms with van der Waals surface area (Å²) in [4.78, 5) is 12.2. The summed E-state index contributed by atoms with van der Waals surface area (Å²) in [5.74, 6) is 7.50. The number of anilines is 1. The molecule has 3 rings (SSSR count). The van der Waals surface area contributed by atoms with Crippen LogP contribution in [-0.4, -0.2) is 33.1 Å². The first kappa shape index (κ1) is 19.8. The molecule has 0 saturated carbocycles. The molecule has 8 heteroatoms. The molecule has 3 aromatic rings. The van der Waals surface area contributed by atoms with Gasteiger partial charge in [-0.05, 0) is 55.3 Å². The Kier molecular flexibility index (Phi) is 6.54. The van der Waals surface area contributed by atoms with E-state index in [0.29, 0.717) is 17.6 Å². The smallest absolute Gasteiger partial charge is 0.234 e. The normalized spacial score (nSPS) is 10.6. The summed E-state index contributed by atoms with van der Waals surface area (Å²) >= 11 is 1.24. The van der Waals surface area contributed by atoms with E-state index in [0.717, 1.165) is 23.4 Å². The van der Waals surface area contributed by atoms with Crippen molar-refractivity contribution in [1.29, 1.82) is 0 Å². The summed E-state index contributed by atoms with van der Waals surface area (Å²) in [5.41, 5.74) is 2.78. The summed E-state index contributed by atoms with van der Waals surface area (Å²) in [5, 5.41) is 11.6. The molecule has 0 bridgehead atoms. The Balaban J connectivity index is 1.61. The quantitative estimate of drug-likeness (QED) is 0.447. The molecule has 146 valence electrons. The molecule has 28 heavy (non-hydrogen) atoms. The minimum Gasteiger partial charge on any atom is -0.494 e. The number of aryl methyl sites for hydroxylation is 1. The topological polar surface area (TPSA) is 95.1 Å². The van der Waals surface area contributed by atoms with Gasteiger partial charge in [-0.2, -0.15) is 0 Å². The number of benzene rings is 2. The summed E-state index contributed by atoms with van der Waals surface area (Å²) in [7, 11) is 0. The standard InChI is InChI=1S/C20H23N5O2S/c1-3-14-6-5-7-16(12-14)22-18(26)13-28-20-24-23-19(25(20)21)15-8-10-17(11-9-15)27-4-2/h5-12H,3-4,13,21H2,1-2H3,(H,22,26). The van der Waals surface area contributed by atoms with Crippen molar-refractivity contribution in [3.05, 3.63) is 54.1 Å². The molecule has 0 saturated heterocycles. The molecule has 7 nitrogen and oxygen atoms in total. The van der Waals surface area contributed by atoms with Gasteiger partial charge in [0.1, 0.15) is 5.75 Å². The van der Waals surface area contributed by atoms with E-state index >= 15 is 0 Å². The first-order valence-corrected chi connectivity index (χ1v) is 10.0. The number of nitrogens with one attached hydrogen (secondary N) is 1. The third-order valence-electron chi connectivity index (χ3n) is 4.04. The Morgan fingerprint density at radius 3 is 2.68 bits per heavy atom. The van der Waals surface area contributed by atoms with Gasteiger partial charge in [0.2, 0.25) is 11.1 Å². The number of hydrogen-bond donors (Lipinski definition) is 2. The minimum absolute atomic E-state index is 0.121. The van der Waals surface area contributed by atoms with Crippen LogP contribution in [0.15, 0.2) is 53.7 Å². The number of carbonyl (C=O) groups excluding carboxylic acids is 1. The van der Waals surface area contributed by atoms with E-state index in [9.17, 15) is 4.79 Å². The Morgan fingerprint density at radius 2 is 1.96 bits per heavy atom. The number of ether oxygens (including phenoxy) is 1. The van der Waals surface area contributed by atoms with Gasteiger partial charge in [0.25, 0.3) is 0 Å². The molecule has 0 atom stereocenters. The van der Waals surface area contributed by atoms with Crippen molar-refractivity contribution in [2.75, 3.05) is 23.5 Å². The lowest BCUT2D eigenvalue weighted by molar-refractivity contribution is -0.113. The highest BCUT2D eigenvalue weighted by Crippen LogP contribution is 2.24. The maximum atomic E-state index is 12.2. The first-order valence-electron chi connectivity index (χ1n) is 9.06. The molecule has 0 unspecified atom stereocenters. The zero-order valence-corrected chi connectivity index (χ0v) is 16.7. The van der Waals surface area contributed by atoms with Crippen LogP contribution in [0.2, 0.25) is 0 Å². The largest absolute Gasteiger partial charge is 0.494 e. The number of nitrogen functional groups attached to an aromatic ring is 1. The molecule has 0 spiro atoms. The van der Waals surface area contributed by atoms with Crippen LogP contribution in [0.1, 0.15) is 19.4 Å². The van der Waals surface area contributed by atoms with Crippen molar-refractivity contribution >= 4 is 23.4 Å². The number of amides is 1. The van der Waals surface area contributed by atoms with Gasteiger partial charge in [-0.15, -0.1) is 10.2 Å². The molecule has 2 aromatic carbocycles. The Labute approximate surface area is 168 Å². The van der Waals surface area contributed by atoms with Gasteiger partial charge < -0.3 is 15.9 Å². The summed E-state index contributed by atoms with van der Waals surface area (Å²) < 4.78 is 6.83. The fourth-order valence-electron chi connectivity index (χ4n) is 2.64. The second kappa shape index (κ2) is 9.27. The van der Waals surface area contributed by atoms with E-state index in [2.05, 4.69) is 22.4 Å². The summed E-state index contributed by atoms with van der Waals surface area (Å²) in [6, 6.07) is 15.3. The average molecular weight is 398 g/mol. The van der Waals surface area contributed by atoms with E-state index < -0.39 is 0 Å². The molecule has 0 aliphatic rings. The fraction of sp³-hybridized carbons (Fsp3) is 0.250. The number of nitrogens with zero attached hydrogens (tertiary/aromatic N) is 3. The third-order valence-corrected chi connectivity index (χ3v) is 4.98. The number of rotatable bonds is 8. The predicted octanol–water partition coefficient (Wildman–Crippen LogP) is 3.35. The molecule has 3 N–H and O–H groups in total. The lowest BCUT2D eigenvalue weighted by Gasteiger charge is -2.07. The molecule has 0 fully saturated rings. The van der Waals surface area contributed by atoms with Crippen LogP contribution in [0.3, 0.4) is 0 Å². The van der Waals surface area contributed by atoms with Crippen molar-refractivity contribution in [2.45, 2.75) is 25.4 Å². The number of aromatic nitrogens is 3. The molecule has 0 aliphatic carbocycles. The number of carbonyl (C=O) groups is 1. The minimum atomic E-state index is -0.121. The maximum Gasteiger partial charge on any atom is 0.234 e. The van der Waals surface area contributed by atoms with E-state index in [1.54, 1.807) is 0 Å². The lowest BCUT2D eigenvalue weighted by atomic mass is 10.1. The van der Waals surface area contributed by atoms with Gasteiger partial charge in [0, 0.05) is 11.3 Å². The van der Waals surface area contributed by atoms with Crippen molar-refractivity contribution in [3.8, 4) is 17.1 Å². The van der Waals surface area contributed by atoms with E-state index in [1.807, 2.05) is 55.5 Å². The van der Waals surface area contributed by atoms with Crippen LogP contribution in [0.25, 0.3) is 11.4 Å². The van der Waals surface area contributed by atoms with Crippen LogP contribution < -0.4 is 15.9 Å². The molecule has 1 amide bonds. The van der Waals surface area contributed by atoms with Crippen molar-refractivity contribution in [2.24, 2.45) is 0 Å². The maximum absolute atomic E-state index is 12.2. The number of hydrogen-bond acceptors (Lipinski definition) is 6. The second-order valence-corrected chi connectivity index (χ2v) is 6.97. The van der Waals surface area contributed by atoms with Crippen LogP contribution in [0.4, 0.5) is 5.69 Å². The lowest BCUT2D eigenvalue weighted by Crippen LogP contribution is -2.16. The van der Waals surface area contributed by atoms with Gasteiger partial charge in [-0.1, -0.05) is 30.8 Å². The van der Waals surface area contributed by atoms with Crippen LogP contribution in [0, 0.1) is 0 Å². The SMILES string of the molecule is CCOc1ccc(-c2nnc(SCC(=O)Nc3cccc(CC)c3)n2N)cc1. The van der Waals surface area contributed by atoms with E-state index in [1.165, 1.54) is 22.0 Å². The first-order chi connectivity index (χ1) is 13.6. The monoisotopic (exact) mass is 397 g/mol. The Morgan fingerprint density at radius 1 is 1.18 bits per heavy atom. The van der Waals surface area contributed by atoms with Gasteiger partial charge in [0.15, 0.2) is 5.82 Å². The zero-order valence-electron chi connectivity index (χ0n) is 15.9. The van der Waals surface area contributed by atoms with E-state index in [-0.39, 0.29) is 11.7 Å². The Bertz CT molecular complexity index is 940. The van der Waals surface area contributed by atoms with Crippen molar-refractivity contribution in [3.63, 3.8) is 0 Å². The highest BCUT2D eigenvalue weighted by Gasteiger charge is 2.14. The zero-order chi connectivity index (χ0) is 19.9. The summed E-state index contributed by atoms with van der Waals surface area (Å²) in [6.45, 7) is 4.62. The van der Waals surface area contributed by atoms with Gasteiger partial charge in [-0.25, -0.2) is 4.68 Å². The van der Waals surface area contributed by atoms with Crippen LogP contribution in [-0.2, 0) is 11.2 Å². The summed E-state index contributed by atoms with van der Waals surface area (Å²) in [6.07, 6.45) is 0.920. The molecular formula is C20H23N5O2S. The van der Waals surface area contributed by atoms with E-state index in [4.69, 9.17) is 10.6 Å². The molecule has 0 aliphatic heterocycles. The number of nitrogens with two attached hydrogens (primary N) is 1. The predicted molar refractivity (Wildman–Crippen MR) is 112 cm³/mol. The molecule has 1 aromatic heterocycles. The van der Waals surface area contributed by atoms with Crippen molar-refractivity contribution < 1.29 is 9.53 Å². The highest BCUT2D eigenvalue weighted by molar-refractivity contribution is 7.99. The van der Waals surface area contributed by atoms with Crippen LogP contribution in [0.5, 0.6) is 5.75 Å². The second-order valence-electron chi connectivity index (χ2n) is 6.02. The van der Waals surface area contributed by atoms with Gasteiger partial charge >= 0.3 is 0 Å². The van der Waals surface area contributed by atoms with Gasteiger partial charge in [0.05, 0.1) is 12.4 Å². The third kappa shape index (κ3) is 4.83. The highest BCUT2D eigenvalue weighted by atomic mass is 32.2. The molecule has 1 heterocycles. The number of thioether (sulfide) groups is 1. The Hall–Kier alpha value is -3.00. The van der Waals surface area contributed by atoms with Gasteiger partial charge in [-0.3, -0.25) is 4.79 Å². The average Bonchev–Trinajstić information content (AvgIpc) is 3.08. The van der Waals surface area contributed by atoms with Crippen LogP contribution >= 0.6 is 11.8 Å². The fourth-order valence-corrected chi connectivity index (χ4v) is 3.29. The molecular weight excluding hydrogens is 374 g/mol. The molecule has 0 radical (unpaired) electrons.